The molecule has 0 heterocycles. The van der Waals surface area contributed by atoms with Gasteiger partial charge in [-0.3, -0.25) is 0 Å². The molecule has 2 nitrogen and oxygen atoms in total. The van der Waals surface area contributed by atoms with Crippen LogP contribution in [0.5, 0.6) is 5.75 Å². The van der Waals surface area contributed by atoms with Crippen LogP contribution in [-0.4, -0.2) is 26.7 Å². The number of ether oxygens (including phenoxy) is 2. The van der Waals surface area contributed by atoms with Crippen LogP contribution in [0.15, 0.2) is 16.6 Å². The summed E-state index contributed by atoms with van der Waals surface area (Å²) < 4.78 is 34.5. The van der Waals surface area contributed by atoms with Gasteiger partial charge in [0.25, 0.3) is 6.43 Å². The second-order valence-corrected chi connectivity index (χ2v) is 5.55. The van der Waals surface area contributed by atoms with Gasteiger partial charge >= 0.3 is 0 Å². The third kappa shape index (κ3) is 5.42. The van der Waals surface area contributed by atoms with E-state index in [1.54, 1.807) is 12.1 Å². The van der Waals surface area contributed by atoms with Gasteiger partial charge in [-0.2, -0.15) is 0 Å². The molecule has 19 heavy (non-hydrogen) atoms. The van der Waals surface area contributed by atoms with Crippen LogP contribution in [-0.2, 0) is 4.74 Å². The minimum atomic E-state index is -2.47. The van der Waals surface area contributed by atoms with Crippen LogP contribution in [0, 0.1) is 0 Å². The van der Waals surface area contributed by atoms with Crippen molar-refractivity contribution in [1.29, 1.82) is 0 Å². The molecule has 0 N–H and O–H groups in total. The Balaban J connectivity index is 2.68. The number of hydrogen-bond donors (Lipinski definition) is 0. The molecular formula is C12H13BrCl2F2O2. The molecule has 0 aliphatic carbocycles. The van der Waals surface area contributed by atoms with Gasteiger partial charge < -0.3 is 9.47 Å². The summed E-state index contributed by atoms with van der Waals surface area (Å²) in [6, 6.07) is 3.39. The molecule has 0 saturated carbocycles. The molecule has 0 bridgehead atoms. The third-order valence-corrected chi connectivity index (χ3v) is 3.60. The average Bonchev–Trinajstić information content (AvgIpc) is 2.33. The number of methoxy groups -OCH3 is 1. The van der Waals surface area contributed by atoms with E-state index in [1.807, 2.05) is 0 Å². The lowest BCUT2D eigenvalue weighted by Gasteiger charge is -2.16. The molecule has 0 aliphatic heterocycles. The lowest BCUT2D eigenvalue weighted by molar-refractivity contribution is 0.0165. The van der Waals surface area contributed by atoms with Crippen molar-refractivity contribution in [2.75, 3.05) is 20.3 Å². The maximum atomic E-state index is 11.9. The zero-order chi connectivity index (χ0) is 14.4. The second kappa shape index (κ2) is 8.25. The first-order chi connectivity index (χ1) is 8.95. The van der Waals surface area contributed by atoms with Crippen LogP contribution in [0.25, 0.3) is 0 Å². The van der Waals surface area contributed by atoms with E-state index in [0.29, 0.717) is 27.2 Å². The van der Waals surface area contributed by atoms with E-state index in [-0.39, 0.29) is 6.61 Å². The Hall–Kier alpha value is -0.100. The maximum absolute atomic E-state index is 11.9. The number of halogens is 5. The fourth-order valence-electron chi connectivity index (χ4n) is 1.54. The Kier molecular flexibility index (Phi) is 7.36. The van der Waals surface area contributed by atoms with E-state index in [4.69, 9.17) is 32.7 Å². The summed E-state index contributed by atoms with van der Waals surface area (Å²) in [5, 5.41) is 0.0875. The Labute approximate surface area is 129 Å². The Morgan fingerprint density at radius 2 is 2.05 bits per heavy atom. The fraction of sp³-hybridized carbons (Fsp3) is 0.500. The van der Waals surface area contributed by atoms with E-state index in [2.05, 4.69) is 15.9 Å². The first kappa shape index (κ1) is 17.0. The van der Waals surface area contributed by atoms with E-state index in [0.717, 1.165) is 0 Å². The highest BCUT2D eigenvalue weighted by molar-refractivity contribution is 9.10. The quantitative estimate of drug-likeness (QED) is 0.488. The molecule has 1 aromatic carbocycles. The van der Waals surface area contributed by atoms with E-state index in [9.17, 15) is 8.78 Å². The number of benzene rings is 1. The number of rotatable bonds is 7. The monoisotopic (exact) mass is 376 g/mol. The summed E-state index contributed by atoms with van der Waals surface area (Å²) in [6.07, 6.45) is -2.08. The fourth-order valence-corrected chi connectivity index (χ4v) is 2.79. The summed E-state index contributed by atoms with van der Waals surface area (Å²) in [7, 11) is 1.52. The van der Waals surface area contributed by atoms with E-state index < -0.39 is 18.4 Å². The van der Waals surface area contributed by atoms with E-state index in [1.165, 1.54) is 7.11 Å². The first-order valence-corrected chi connectivity index (χ1v) is 7.09. The van der Waals surface area contributed by atoms with Crippen LogP contribution in [0.1, 0.15) is 17.4 Å². The Bertz CT molecular complexity index is 419. The maximum Gasteiger partial charge on any atom is 0.261 e. The standard InChI is InChI=1S/C12H13BrCl2F2O2/c1-18-12-8(4-7(14)5-9(12)13)10(15)2-3-19-6-11(16)17/h4-5,10-11H,2-3,6H2,1H3. The molecule has 0 radical (unpaired) electrons. The molecule has 1 aromatic rings. The van der Waals surface area contributed by atoms with Gasteiger partial charge in [-0.05, 0) is 34.5 Å². The van der Waals surface area contributed by atoms with Gasteiger partial charge in [0, 0.05) is 17.2 Å². The summed E-state index contributed by atoms with van der Waals surface area (Å²) in [5.41, 5.74) is 0.698. The molecule has 0 fully saturated rings. The molecule has 1 rings (SSSR count). The molecule has 0 saturated heterocycles. The first-order valence-electron chi connectivity index (χ1n) is 5.48. The summed E-state index contributed by atoms with van der Waals surface area (Å²) in [4.78, 5) is 0. The van der Waals surface area contributed by atoms with Crippen molar-refractivity contribution in [3.8, 4) is 5.75 Å². The lowest BCUT2D eigenvalue weighted by atomic mass is 10.1. The van der Waals surface area contributed by atoms with Crippen LogP contribution < -0.4 is 4.74 Å². The summed E-state index contributed by atoms with van der Waals surface area (Å²) >= 11 is 15.5. The molecule has 7 heteroatoms. The summed E-state index contributed by atoms with van der Waals surface area (Å²) in [5.74, 6) is 0.582. The van der Waals surface area contributed by atoms with Crippen LogP contribution >= 0.6 is 39.1 Å². The zero-order valence-electron chi connectivity index (χ0n) is 10.1. The highest BCUT2D eigenvalue weighted by Gasteiger charge is 2.17. The molecular weight excluding hydrogens is 365 g/mol. The topological polar surface area (TPSA) is 18.5 Å². The van der Waals surface area contributed by atoms with Crippen molar-refractivity contribution in [2.45, 2.75) is 18.2 Å². The number of hydrogen-bond acceptors (Lipinski definition) is 2. The number of alkyl halides is 3. The lowest BCUT2D eigenvalue weighted by Crippen LogP contribution is -2.07. The minimum Gasteiger partial charge on any atom is -0.495 e. The molecule has 0 amide bonds. The van der Waals surface area contributed by atoms with Crippen molar-refractivity contribution in [3.05, 3.63) is 27.2 Å². The highest BCUT2D eigenvalue weighted by Crippen LogP contribution is 2.39. The molecule has 1 atom stereocenters. The molecule has 0 aromatic heterocycles. The Morgan fingerprint density at radius 3 is 2.63 bits per heavy atom. The van der Waals surface area contributed by atoms with Gasteiger partial charge in [0.15, 0.2) is 0 Å². The molecule has 108 valence electrons. The van der Waals surface area contributed by atoms with Gasteiger partial charge in [0.1, 0.15) is 12.4 Å². The van der Waals surface area contributed by atoms with Gasteiger partial charge in [-0.1, -0.05) is 11.6 Å². The van der Waals surface area contributed by atoms with Gasteiger partial charge in [0.2, 0.25) is 0 Å². The van der Waals surface area contributed by atoms with Gasteiger partial charge in [-0.25, -0.2) is 8.78 Å². The predicted octanol–water partition coefficient (Wildman–Crippen LogP) is 5.06. The second-order valence-electron chi connectivity index (χ2n) is 3.73. The smallest absolute Gasteiger partial charge is 0.261 e. The molecule has 0 aliphatic rings. The van der Waals surface area contributed by atoms with Crippen molar-refractivity contribution >= 4 is 39.1 Å². The van der Waals surface area contributed by atoms with E-state index >= 15 is 0 Å². The normalized spacial score (nSPS) is 12.8. The SMILES string of the molecule is COc1c(Br)cc(Cl)cc1C(Cl)CCOCC(F)F. The van der Waals surface area contributed by atoms with Crippen molar-refractivity contribution in [3.63, 3.8) is 0 Å². The summed E-state index contributed by atoms with van der Waals surface area (Å²) in [6.45, 7) is -0.439. The van der Waals surface area contributed by atoms with Crippen molar-refractivity contribution in [2.24, 2.45) is 0 Å². The Morgan fingerprint density at radius 1 is 1.37 bits per heavy atom. The van der Waals surface area contributed by atoms with Crippen molar-refractivity contribution < 1.29 is 18.3 Å². The van der Waals surface area contributed by atoms with Crippen LogP contribution in [0.3, 0.4) is 0 Å². The van der Waals surface area contributed by atoms with Crippen LogP contribution in [0.2, 0.25) is 5.02 Å². The van der Waals surface area contributed by atoms with Gasteiger partial charge in [-0.15, -0.1) is 11.6 Å². The average molecular weight is 378 g/mol. The van der Waals surface area contributed by atoms with Crippen LogP contribution in [0.4, 0.5) is 8.78 Å². The molecule has 0 spiro atoms. The van der Waals surface area contributed by atoms with Gasteiger partial charge in [0.05, 0.1) is 17.0 Å². The molecule has 1 unspecified atom stereocenters. The third-order valence-electron chi connectivity index (χ3n) is 2.34. The zero-order valence-corrected chi connectivity index (χ0v) is 13.2. The minimum absolute atomic E-state index is 0.145. The predicted molar refractivity (Wildman–Crippen MR) is 75.7 cm³/mol. The largest absolute Gasteiger partial charge is 0.495 e. The highest BCUT2D eigenvalue weighted by atomic mass is 79.9. The van der Waals surface area contributed by atoms with Crippen molar-refractivity contribution in [1.82, 2.24) is 0 Å².